The second kappa shape index (κ2) is 5.88. The molecule has 1 saturated heterocycles. The van der Waals surface area contributed by atoms with Crippen molar-refractivity contribution < 1.29 is 27.5 Å². The summed E-state index contributed by atoms with van der Waals surface area (Å²) >= 11 is 0. The summed E-state index contributed by atoms with van der Waals surface area (Å²) in [6.07, 6.45) is -1.75. The third-order valence-electron chi connectivity index (χ3n) is 7.87. The number of hydrogen-bond acceptors (Lipinski definition) is 3. The number of ether oxygens (including phenoxy) is 1. The Hall–Kier alpha value is -1.27. The molecule has 28 heavy (non-hydrogen) atoms. The zero-order valence-electron chi connectivity index (χ0n) is 17.1. The van der Waals surface area contributed by atoms with Gasteiger partial charge >= 0.3 is 12.1 Å². The molecule has 4 aliphatic rings. The van der Waals surface area contributed by atoms with Gasteiger partial charge in [0.2, 0.25) is 5.91 Å². The van der Waals surface area contributed by atoms with Crippen molar-refractivity contribution in [2.75, 3.05) is 6.54 Å². The fourth-order valence-electron chi connectivity index (χ4n) is 6.87. The van der Waals surface area contributed by atoms with E-state index in [4.69, 9.17) is 4.74 Å². The van der Waals surface area contributed by atoms with Crippen LogP contribution in [0.3, 0.4) is 0 Å². The number of carbonyl (C=O) groups excluding carboxylic acids is 2. The van der Waals surface area contributed by atoms with Crippen LogP contribution in [0.15, 0.2) is 0 Å². The molecule has 3 saturated carbocycles. The van der Waals surface area contributed by atoms with E-state index in [9.17, 15) is 22.8 Å². The summed E-state index contributed by atoms with van der Waals surface area (Å²) in [5.74, 6) is -0.605. The molecule has 4 fully saturated rings. The number of halogens is 3. The first-order valence-corrected chi connectivity index (χ1v) is 10.4. The van der Waals surface area contributed by atoms with Crippen LogP contribution in [-0.2, 0) is 14.3 Å². The van der Waals surface area contributed by atoms with Crippen LogP contribution in [0.5, 0.6) is 0 Å². The van der Waals surface area contributed by atoms with Crippen molar-refractivity contribution in [2.45, 2.75) is 84.5 Å². The van der Waals surface area contributed by atoms with Crippen LogP contribution in [-0.4, -0.2) is 41.6 Å². The first-order valence-electron chi connectivity index (χ1n) is 10.4. The van der Waals surface area contributed by atoms with Crippen LogP contribution in [0, 0.1) is 28.1 Å². The number of likely N-dealkylation sites (tertiary alicyclic amines) is 1. The number of esters is 1. The third-order valence-corrected chi connectivity index (χ3v) is 7.87. The zero-order valence-corrected chi connectivity index (χ0v) is 17.1. The highest BCUT2D eigenvalue weighted by Crippen LogP contribution is 2.78. The van der Waals surface area contributed by atoms with Gasteiger partial charge in [0.25, 0.3) is 0 Å². The number of hydrogen-bond donors (Lipinski definition) is 0. The van der Waals surface area contributed by atoms with Crippen LogP contribution in [0.25, 0.3) is 0 Å². The third kappa shape index (κ3) is 2.78. The fourth-order valence-corrected chi connectivity index (χ4v) is 6.87. The largest absolute Gasteiger partial charge is 0.461 e. The van der Waals surface area contributed by atoms with E-state index in [0.29, 0.717) is 13.0 Å². The Morgan fingerprint density at radius 1 is 1.14 bits per heavy atom. The van der Waals surface area contributed by atoms with Gasteiger partial charge < -0.3 is 9.64 Å². The minimum Gasteiger partial charge on any atom is -0.461 e. The maximum absolute atomic E-state index is 12.9. The van der Waals surface area contributed by atoms with Crippen molar-refractivity contribution in [1.82, 2.24) is 4.90 Å². The summed E-state index contributed by atoms with van der Waals surface area (Å²) < 4.78 is 44.7. The van der Waals surface area contributed by atoms with Crippen molar-refractivity contribution in [2.24, 2.45) is 28.1 Å². The lowest BCUT2D eigenvalue weighted by molar-refractivity contribution is -0.167. The summed E-state index contributed by atoms with van der Waals surface area (Å²) in [7, 11) is 0. The van der Waals surface area contributed by atoms with Gasteiger partial charge in [-0.1, -0.05) is 6.92 Å². The highest BCUT2D eigenvalue weighted by Gasteiger charge is 2.80. The summed E-state index contributed by atoms with van der Waals surface area (Å²) in [5, 5.41) is 0. The van der Waals surface area contributed by atoms with E-state index in [-0.39, 0.29) is 40.8 Å². The Morgan fingerprint density at radius 3 is 2.39 bits per heavy atom. The molecule has 1 heterocycles. The topological polar surface area (TPSA) is 46.6 Å². The SMILES string of the molecule is CCC12CC3C[C@@H](C1)C(N(C(=O)CC(F)(F)F)C3)C21CC1OC(=O)C(C)(C)C. The Labute approximate surface area is 164 Å². The first-order chi connectivity index (χ1) is 12.8. The van der Waals surface area contributed by atoms with Gasteiger partial charge in [0, 0.05) is 18.0 Å². The molecule has 6 atom stereocenters. The molecule has 0 aromatic carbocycles. The lowest BCUT2D eigenvalue weighted by atomic mass is 9.65. The van der Waals surface area contributed by atoms with Crippen molar-refractivity contribution >= 4 is 11.9 Å². The van der Waals surface area contributed by atoms with E-state index < -0.39 is 23.9 Å². The number of nitrogens with zero attached hydrogens (tertiary/aromatic N) is 1. The van der Waals surface area contributed by atoms with Gasteiger partial charge in [-0.25, -0.2) is 0 Å². The highest BCUT2D eigenvalue weighted by molar-refractivity contribution is 5.78. The normalized spacial score (nSPS) is 41.5. The minimum absolute atomic E-state index is 0.0264. The van der Waals surface area contributed by atoms with E-state index in [1.165, 1.54) is 4.90 Å². The predicted molar refractivity (Wildman–Crippen MR) is 96.1 cm³/mol. The summed E-state index contributed by atoms with van der Waals surface area (Å²) in [4.78, 5) is 26.6. The average Bonchev–Trinajstić information content (AvgIpc) is 3.23. The predicted octanol–water partition coefficient (Wildman–Crippen LogP) is 4.32. The summed E-state index contributed by atoms with van der Waals surface area (Å²) in [5.41, 5.74) is -1.01. The molecular weight excluding hydrogens is 371 g/mol. The van der Waals surface area contributed by atoms with Crippen molar-refractivity contribution in [3.8, 4) is 0 Å². The van der Waals surface area contributed by atoms with Gasteiger partial charge in [-0.2, -0.15) is 13.2 Å². The number of amides is 1. The molecule has 0 aromatic heterocycles. The Kier molecular flexibility index (Phi) is 4.20. The van der Waals surface area contributed by atoms with Gasteiger partial charge in [0.1, 0.15) is 12.5 Å². The van der Waals surface area contributed by atoms with E-state index >= 15 is 0 Å². The maximum Gasteiger partial charge on any atom is 0.397 e. The molecule has 4 nitrogen and oxygen atoms in total. The fraction of sp³-hybridized carbons (Fsp3) is 0.905. The molecule has 0 radical (unpaired) electrons. The van der Waals surface area contributed by atoms with Crippen molar-refractivity contribution in [3.05, 3.63) is 0 Å². The molecule has 4 rings (SSSR count). The Bertz CT molecular complexity index is 700. The first kappa shape index (κ1) is 20.0. The molecule has 7 heteroatoms. The Morgan fingerprint density at radius 2 is 1.82 bits per heavy atom. The van der Waals surface area contributed by atoms with Crippen LogP contribution in [0.2, 0.25) is 0 Å². The van der Waals surface area contributed by atoms with Gasteiger partial charge in [-0.3, -0.25) is 9.59 Å². The monoisotopic (exact) mass is 401 g/mol. The summed E-state index contributed by atoms with van der Waals surface area (Å²) in [6, 6.07) is -0.223. The molecule has 5 unspecified atom stereocenters. The number of alkyl halides is 3. The van der Waals surface area contributed by atoms with Crippen molar-refractivity contribution in [1.29, 1.82) is 0 Å². The standard InChI is InChI=1S/C21H30F3NO3/c1-5-19-7-12-6-13(8-19)16(25(11-12)15(26)10-21(22,23)24)20(19)9-14(20)28-17(27)18(2,3)4/h12-14,16H,5-11H2,1-4H3/t12?,13-,14?,16?,19?,20?/m0/s1. The second-order valence-electron chi connectivity index (χ2n) is 10.6. The Balaban J connectivity index is 1.66. The number of piperidine rings is 1. The van der Waals surface area contributed by atoms with Crippen LogP contribution >= 0.6 is 0 Å². The van der Waals surface area contributed by atoms with Gasteiger partial charge in [-0.15, -0.1) is 0 Å². The van der Waals surface area contributed by atoms with Crippen LogP contribution in [0.4, 0.5) is 13.2 Å². The maximum atomic E-state index is 12.9. The van der Waals surface area contributed by atoms with Gasteiger partial charge in [0.05, 0.1) is 5.41 Å². The molecular formula is C21H30F3NO3. The van der Waals surface area contributed by atoms with E-state index in [2.05, 4.69) is 6.92 Å². The van der Waals surface area contributed by atoms with Gasteiger partial charge in [-0.05, 0) is 70.1 Å². The molecule has 1 aliphatic heterocycles. The van der Waals surface area contributed by atoms with E-state index in [1.54, 1.807) is 20.8 Å². The average molecular weight is 401 g/mol. The smallest absolute Gasteiger partial charge is 0.397 e. The molecule has 158 valence electrons. The van der Waals surface area contributed by atoms with Crippen LogP contribution < -0.4 is 0 Å². The summed E-state index contributed by atoms with van der Waals surface area (Å²) in [6.45, 7) is 7.96. The molecule has 3 bridgehead atoms. The molecule has 0 aromatic rings. The molecule has 1 spiro atoms. The minimum atomic E-state index is -4.50. The molecule has 1 amide bonds. The van der Waals surface area contributed by atoms with Crippen LogP contribution in [0.1, 0.15) is 66.2 Å². The van der Waals surface area contributed by atoms with Crippen molar-refractivity contribution in [3.63, 3.8) is 0 Å². The number of fused-ring (bicyclic) bond motifs is 4. The lowest BCUT2D eigenvalue weighted by Gasteiger charge is -2.44. The second-order valence-corrected chi connectivity index (χ2v) is 10.6. The number of rotatable bonds is 3. The van der Waals surface area contributed by atoms with E-state index in [0.717, 1.165) is 25.7 Å². The quantitative estimate of drug-likeness (QED) is 0.662. The zero-order chi connectivity index (χ0) is 20.7. The van der Waals surface area contributed by atoms with E-state index in [1.807, 2.05) is 0 Å². The van der Waals surface area contributed by atoms with Gasteiger partial charge in [0.15, 0.2) is 0 Å². The highest BCUT2D eigenvalue weighted by atomic mass is 19.4. The lowest BCUT2D eigenvalue weighted by Crippen LogP contribution is -2.53. The number of carbonyl (C=O) groups is 2. The molecule has 3 aliphatic carbocycles. The molecule has 0 N–H and O–H groups in total.